The summed E-state index contributed by atoms with van der Waals surface area (Å²) >= 11 is 0. The van der Waals surface area contributed by atoms with Crippen LogP contribution in [0.4, 0.5) is 0 Å². The average Bonchev–Trinajstić information content (AvgIpc) is 2.30. The van der Waals surface area contributed by atoms with Gasteiger partial charge in [0.15, 0.2) is 0 Å². The molecule has 4 heteroatoms. The smallest absolute Gasteiger partial charge is 0.103 e. The largest absolute Gasteiger partial charge is 0.394 e. The van der Waals surface area contributed by atoms with Crippen LogP contribution in [-0.4, -0.2) is 48.7 Å². The fourth-order valence-corrected chi connectivity index (χ4v) is 1.16. The van der Waals surface area contributed by atoms with Crippen molar-refractivity contribution in [2.24, 2.45) is 0 Å². The van der Waals surface area contributed by atoms with Crippen molar-refractivity contribution in [1.82, 2.24) is 5.32 Å². The van der Waals surface area contributed by atoms with Gasteiger partial charge in [-0.25, -0.2) is 0 Å². The van der Waals surface area contributed by atoms with E-state index >= 15 is 0 Å². The Morgan fingerprint density at radius 1 is 1.55 bits per heavy atom. The summed E-state index contributed by atoms with van der Waals surface area (Å²) in [5, 5.41) is 21.0. The van der Waals surface area contributed by atoms with Gasteiger partial charge in [-0.3, -0.25) is 0 Å². The molecular formula is C7H15NO3. The summed E-state index contributed by atoms with van der Waals surface area (Å²) in [4.78, 5) is 0. The number of nitrogens with one attached hydrogen (secondary N) is 1. The number of rotatable bonds is 2. The Kier molecular flexibility index (Phi) is 3.79. The Labute approximate surface area is 66.2 Å². The first-order valence-corrected chi connectivity index (χ1v) is 3.96. The molecule has 1 saturated heterocycles. The van der Waals surface area contributed by atoms with E-state index in [1.165, 1.54) is 0 Å². The fraction of sp³-hybridized carbons (Fsp3) is 1.00. The van der Waals surface area contributed by atoms with Crippen LogP contribution in [0.15, 0.2) is 0 Å². The van der Waals surface area contributed by atoms with E-state index in [0.29, 0.717) is 6.61 Å². The molecule has 1 aliphatic heterocycles. The third-order valence-electron chi connectivity index (χ3n) is 1.83. The van der Waals surface area contributed by atoms with Crippen LogP contribution >= 0.6 is 0 Å². The lowest BCUT2D eigenvalue weighted by Crippen LogP contribution is -2.32. The number of aliphatic hydroxyl groups excluding tert-OH is 2. The highest BCUT2D eigenvalue weighted by atomic mass is 16.5. The first kappa shape index (κ1) is 8.93. The van der Waals surface area contributed by atoms with Crippen molar-refractivity contribution in [3.8, 4) is 0 Å². The van der Waals surface area contributed by atoms with Crippen LogP contribution in [0.3, 0.4) is 0 Å². The molecule has 1 fully saturated rings. The highest BCUT2D eigenvalue weighted by Gasteiger charge is 2.19. The van der Waals surface area contributed by atoms with Gasteiger partial charge in [-0.05, 0) is 13.0 Å². The van der Waals surface area contributed by atoms with Gasteiger partial charge in [-0.1, -0.05) is 0 Å². The maximum absolute atomic E-state index is 9.20. The van der Waals surface area contributed by atoms with Crippen LogP contribution in [0.25, 0.3) is 0 Å². The number of hydrogen-bond acceptors (Lipinski definition) is 4. The topological polar surface area (TPSA) is 61.7 Å². The summed E-state index contributed by atoms with van der Waals surface area (Å²) in [5.74, 6) is 0. The molecular weight excluding hydrogens is 146 g/mol. The minimum atomic E-state index is -0.727. The van der Waals surface area contributed by atoms with Crippen LogP contribution < -0.4 is 5.32 Å². The van der Waals surface area contributed by atoms with Crippen molar-refractivity contribution in [3.63, 3.8) is 0 Å². The van der Waals surface area contributed by atoms with Gasteiger partial charge in [0.25, 0.3) is 0 Å². The van der Waals surface area contributed by atoms with Gasteiger partial charge >= 0.3 is 0 Å². The molecule has 0 spiro atoms. The lowest BCUT2D eigenvalue weighted by molar-refractivity contribution is -0.0523. The quantitative estimate of drug-likeness (QED) is 0.472. The summed E-state index contributed by atoms with van der Waals surface area (Å²) in [6.07, 6.45) is -0.160. The minimum Gasteiger partial charge on any atom is -0.394 e. The molecule has 0 aromatic heterocycles. The fourth-order valence-electron chi connectivity index (χ4n) is 1.16. The molecule has 2 unspecified atom stereocenters. The zero-order valence-electron chi connectivity index (χ0n) is 6.49. The lowest BCUT2D eigenvalue weighted by Gasteiger charge is -2.18. The molecule has 11 heavy (non-hydrogen) atoms. The molecule has 0 radical (unpaired) electrons. The highest BCUT2D eigenvalue weighted by Crippen LogP contribution is 2.05. The van der Waals surface area contributed by atoms with Gasteiger partial charge in [-0.15, -0.1) is 0 Å². The Hall–Kier alpha value is -0.160. The van der Waals surface area contributed by atoms with E-state index in [2.05, 4.69) is 5.32 Å². The van der Waals surface area contributed by atoms with E-state index in [9.17, 15) is 5.11 Å². The van der Waals surface area contributed by atoms with Crippen molar-refractivity contribution < 1.29 is 14.9 Å². The average molecular weight is 161 g/mol. The Balaban J connectivity index is 2.30. The van der Waals surface area contributed by atoms with Crippen LogP contribution in [0, 0.1) is 0 Å². The number of hydrogen-bond donors (Lipinski definition) is 3. The van der Waals surface area contributed by atoms with Gasteiger partial charge in [0, 0.05) is 6.54 Å². The first-order valence-electron chi connectivity index (χ1n) is 3.96. The Morgan fingerprint density at radius 3 is 3.09 bits per heavy atom. The van der Waals surface area contributed by atoms with Crippen molar-refractivity contribution in [3.05, 3.63) is 0 Å². The van der Waals surface area contributed by atoms with E-state index in [0.717, 1.165) is 19.5 Å². The summed E-state index contributed by atoms with van der Waals surface area (Å²) in [7, 11) is 0. The van der Waals surface area contributed by atoms with Gasteiger partial charge in [0.05, 0.1) is 19.3 Å². The van der Waals surface area contributed by atoms with E-state index in [1.54, 1.807) is 0 Å². The van der Waals surface area contributed by atoms with Gasteiger partial charge in [-0.2, -0.15) is 0 Å². The second-order valence-electron chi connectivity index (χ2n) is 2.70. The van der Waals surface area contributed by atoms with Gasteiger partial charge in [0.1, 0.15) is 6.10 Å². The molecule has 1 heterocycles. The SMILES string of the molecule is OCC(O)C1CCNCCO1. The second-order valence-corrected chi connectivity index (χ2v) is 2.70. The standard InChI is InChI=1S/C7H15NO3/c9-5-6(10)7-1-2-8-3-4-11-7/h6-10H,1-5H2. The summed E-state index contributed by atoms with van der Waals surface area (Å²) in [6, 6.07) is 0. The van der Waals surface area contributed by atoms with Gasteiger partial charge < -0.3 is 20.3 Å². The zero-order chi connectivity index (χ0) is 8.10. The second kappa shape index (κ2) is 4.66. The number of ether oxygens (including phenoxy) is 1. The molecule has 0 bridgehead atoms. The molecule has 1 aliphatic rings. The van der Waals surface area contributed by atoms with E-state index in [1.807, 2.05) is 0 Å². The predicted molar refractivity (Wildman–Crippen MR) is 40.3 cm³/mol. The Morgan fingerprint density at radius 2 is 2.36 bits per heavy atom. The van der Waals surface area contributed by atoms with Crippen LogP contribution in [0.2, 0.25) is 0 Å². The summed E-state index contributed by atoms with van der Waals surface area (Å²) in [6.45, 7) is 2.07. The molecule has 0 aromatic rings. The normalized spacial score (nSPS) is 29.5. The van der Waals surface area contributed by atoms with Crippen molar-refractivity contribution in [2.45, 2.75) is 18.6 Å². The van der Waals surface area contributed by atoms with Crippen molar-refractivity contribution in [2.75, 3.05) is 26.3 Å². The van der Waals surface area contributed by atoms with Crippen molar-refractivity contribution >= 4 is 0 Å². The predicted octanol–water partition coefficient (Wildman–Crippen LogP) is -1.28. The van der Waals surface area contributed by atoms with Gasteiger partial charge in [0.2, 0.25) is 0 Å². The zero-order valence-corrected chi connectivity index (χ0v) is 6.49. The molecule has 2 atom stereocenters. The lowest BCUT2D eigenvalue weighted by atomic mass is 10.1. The van der Waals surface area contributed by atoms with E-state index in [-0.39, 0.29) is 12.7 Å². The molecule has 66 valence electrons. The molecule has 1 rings (SSSR count). The van der Waals surface area contributed by atoms with Crippen LogP contribution in [0.5, 0.6) is 0 Å². The molecule has 0 aliphatic carbocycles. The summed E-state index contributed by atoms with van der Waals surface area (Å²) < 4.78 is 5.28. The third kappa shape index (κ3) is 2.75. The Bertz CT molecular complexity index is 102. The molecule has 3 N–H and O–H groups in total. The first-order chi connectivity index (χ1) is 5.34. The van der Waals surface area contributed by atoms with E-state index < -0.39 is 6.10 Å². The third-order valence-corrected chi connectivity index (χ3v) is 1.83. The summed E-state index contributed by atoms with van der Waals surface area (Å²) in [5.41, 5.74) is 0. The molecule has 0 aromatic carbocycles. The van der Waals surface area contributed by atoms with E-state index in [4.69, 9.17) is 9.84 Å². The monoisotopic (exact) mass is 161 g/mol. The van der Waals surface area contributed by atoms with Crippen LogP contribution in [-0.2, 0) is 4.74 Å². The maximum Gasteiger partial charge on any atom is 0.103 e. The highest BCUT2D eigenvalue weighted by molar-refractivity contribution is 4.71. The maximum atomic E-state index is 9.20. The van der Waals surface area contributed by atoms with Crippen molar-refractivity contribution in [1.29, 1.82) is 0 Å². The van der Waals surface area contributed by atoms with Crippen LogP contribution in [0.1, 0.15) is 6.42 Å². The molecule has 0 saturated carbocycles. The molecule has 0 amide bonds. The number of aliphatic hydroxyl groups is 2. The molecule has 4 nitrogen and oxygen atoms in total. The minimum absolute atomic E-state index is 0.199.